The van der Waals surface area contributed by atoms with E-state index in [2.05, 4.69) is 37.0 Å². The van der Waals surface area contributed by atoms with Crippen molar-refractivity contribution >= 4 is 31.9 Å². The van der Waals surface area contributed by atoms with Crippen molar-refractivity contribution in [1.82, 2.24) is 9.78 Å². The number of halogens is 3. The zero-order chi connectivity index (χ0) is 14.7. The first kappa shape index (κ1) is 15.5. The van der Waals surface area contributed by atoms with Crippen molar-refractivity contribution in [1.29, 1.82) is 0 Å². The third-order valence-corrected chi connectivity index (χ3v) is 4.58. The van der Waals surface area contributed by atoms with Crippen LogP contribution in [-0.4, -0.2) is 9.78 Å². The first-order valence-corrected chi connectivity index (χ1v) is 8.15. The predicted octanol–water partition coefficient (Wildman–Crippen LogP) is 4.36. The summed E-state index contributed by atoms with van der Waals surface area (Å²) in [7, 11) is 1.85. The summed E-state index contributed by atoms with van der Waals surface area (Å²) in [5, 5.41) is 5.00. The quantitative estimate of drug-likeness (QED) is 0.691. The van der Waals surface area contributed by atoms with Gasteiger partial charge < -0.3 is 4.74 Å². The Balaban J connectivity index is 2.15. The molecule has 0 fully saturated rings. The van der Waals surface area contributed by atoms with Crippen LogP contribution in [0.5, 0.6) is 5.75 Å². The van der Waals surface area contributed by atoms with Crippen LogP contribution in [0.15, 0.2) is 22.7 Å². The van der Waals surface area contributed by atoms with Gasteiger partial charge in [-0.3, -0.25) is 4.68 Å². The molecular formula is C14H15Br2FN2O. The zero-order valence-corrected chi connectivity index (χ0v) is 14.5. The van der Waals surface area contributed by atoms with Crippen LogP contribution < -0.4 is 4.74 Å². The molecule has 1 aromatic carbocycles. The number of aryl methyl sites for hydroxylation is 2. The Hall–Kier alpha value is -0.880. The molecule has 0 saturated heterocycles. The molecule has 2 rings (SSSR count). The summed E-state index contributed by atoms with van der Waals surface area (Å²) in [6.07, 6.45) is 0.836. The van der Waals surface area contributed by atoms with Crippen molar-refractivity contribution in [3.8, 4) is 5.75 Å². The summed E-state index contributed by atoms with van der Waals surface area (Å²) in [5.74, 6) is -0.100. The lowest BCUT2D eigenvalue weighted by atomic mass is 10.2. The van der Waals surface area contributed by atoms with Crippen molar-refractivity contribution in [2.75, 3.05) is 0 Å². The van der Waals surface area contributed by atoms with Crippen LogP contribution in [0.25, 0.3) is 0 Å². The minimum absolute atomic E-state index is 0.251. The normalized spacial score (nSPS) is 10.8. The second-order valence-corrected chi connectivity index (χ2v) is 5.73. The van der Waals surface area contributed by atoms with Gasteiger partial charge in [-0.15, -0.1) is 0 Å². The highest BCUT2D eigenvalue weighted by Crippen LogP contribution is 2.25. The average molecular weight is 406 g/mol. The minimum Gasteiger partial charge on any atom is -0.484 e. The van der Waals surface area contributed by atoms with E-state index < -0.39 is 0 Å². The summed E-state index contributed by atoms with van der Waals surface area (Å²) < 4.78 is 22.1. The molecule has 0 radical (unpaired) electrons. The van der Waals surface area contributed by atoms with E-state index in [1.807, 2.05) is 20.0 Å². The largest absolute Gasteiger partial charge is 0.484 e. The maximum absolute atomic E-state index is 13.8. The first-order valence-electron chi connectivity index (χ1n) is 6.24. The fraction of sp³-hybridized carbons (Fsp3) is 0.357. The van der Waals surface area contributed by atoms with Crippen molar-refractivity contribution in [3.63, 3.8) is 0 Å². The smallest absolute Gasteiger partial charge is 0.165 e. The monoisotopic (exact) mass is 404 g/mol. The van der Waals surface area contributed by atoms with E-state index in [4.69, 9.17) is 4.74 Å². The molecule has 20 heavy (non-hydrogen) atoms. The SMILES string of the molecule is CCc1nn(C)c(COc2ccc(CBr)cc2F)c1Br. The van der Waals surface area contributed by atoms with Crippen LogP contribution in [0, 0.1) is 5.82 Å². The molecule has 0 aliphatic heterocycles. The summed E-state index contributed by atoms with van der Waals surface area (Å²) >= 11 is 6.81. The maximum Gasteiger partial charge on any atom is 0.165 e. The molecule has 3 nitrogen and oxygen atoms in total. The molecule has 0 amide bonds. The number of ether oxygens (including phenoxy) is 1. The molecule has 0 N–H and O–H groups in total. The van der Waals surface area contributed by atoms with Gasteiger partial charge >= 0.3 is 0 Å². The molecule has 0 atom stereocenters. The van der Waals surface area contributed by atoms with Gasteiger partial charge in [0.15, 0.2) is 11.6 Å². The summed E-state index contributed by atoms with van der Waals surface area (Å²) in [6.45, 7) is 2.31. The van der Waals surface area contributed by atoms with Gasteiger partial charge in [0.05, 0.1) is 15.9 Å². The Kier molecular flexibility index (Phi) is 5.21. The van der Waals surface area contributed by atoms with Crippen molar-refractivity contribution in [3.05, 3.63) is 45.4 Å². The molecule has 108 valence electrons. The highest BCUT2D eigenvalue weighted by molar-refractivity contribution is 9.10. The number of rotatable bonds is 5. The Morgan fingerprint density at radius 3 is 2.70 bits per heavy atom. The molecule has 0 unspecified atom stereocenters. The Bertz CT molecular complexity index is 613. The number of hydrogen-bond donors (Lipinski definition) is 0. The summed E-state index contributed by atoms with van der Waals surface area (Å²) in [5.41, 5.74) is 2.75. The van der Waals surface area contributed by atoms with Crippen molar-refractivity contribution < 1.29 is 9.13 Å². The number of nitrogens with zero attached hydrogens (tertiary/aromatic N) is 2. The maximum atomic E-state index is 13.8. The van der Waals surface area contributed by atoms with Crippen LogP contribution in [0.1, 0.15) is 23.9 Å². The number of alkyl halides is 1. The van der Waals surface area contributed by atoms with Crippen LogP contribution in [0.3, 0.4) is 0 Å². The average Bonchev–Trinajstić information content (AvgIpc) is 2.72. The van der Waals surface area contributed by atoms with E-state index in [1.54, 1.807) is 10.7 Å². The molecule has 2 aromatic rings. The molecule has 0 aliphatic rings. The van der Waals surface area contributed by atoms with Crippen molar-refractivity contribution in [2.24, 2.45) is 7.05 Å². The van der Waals surface area contributed by atoms with Crippen LogP contribution >= 0.6 is 31.9 Å². The van der Waals surface area contributed by atoms with Gasteiger partial charge in [0.1, 0.15) is 6.61 Å². The van der Waals surface area contributed by atoms with E-state index in [0.717, 1.165) is 27.8 Å². The second-order valence-electron chi connectivity index (χ2n) is 4.37. The van der Waals surface area contributed by atoms with Gasteiger partial charge in [-0.25, -0.2) is 4.39 Å². The highest BCUT2D eigenvalue weighted by Gasteiger charge is 2.14. The highest BCUT2D eigenvalue weighted by atomic mass is 79.9. The van der Waals surface area contributed by atoms with Crippen molar-refractivity contribution in [2.45, 2.75) is 25.3 Å². The van der Waals surface area contributed by atoms with Gasteiger partial charge in [-0.1, -0.05) is 28.9 Å². The summed E-state index contributed by atoms with van der Waals surface area (Å²) in [6, 6.07) is 4.96. The third kappa shape index (κ3) is 3.23. The molecule has 0 saturated carbocycles. The predicted molar refractivity (Wildman–Crippen MR) is 83.6 cm³/mol. The molecule has 1 heterocycles. The third-order valence-electron chi connectivity index (χ3n) is 3.02. The van der Waals surface area contributed by atoms with Crippen LogP contribution in [0.2, 0.25) is 0 Å². The fourth-order valence-electron chi connectivity index (χ4n) is 1.87. The van der Waals surface area contributed by atoms with E-state index in [1.165, 1.54) is 6.07 Å². The lowest BCUT2D eigenvalue weighted by Gasteiger charge is -2.09. The van der Waals surface area contributed by atoms with Crippen LogP contribution in [0.4, 0.5) is 4.39 Å². The lowest BCUT2D eigenvalue weighted by Crippen LogP contribution is -2.04. The molecule has 0 bridgehead atoms. The Labute approximate surface area is 134 Å². The Morgan fingerprint density at radius 1 is 1.40 bits per heavy atom. The van der Waals surface area contributed by atoms with Crippen LogP contribution in [-0.2, 0) is 25.4 Å². The molecule has 1 aromatic heterocycles. The van der Waals surface area contributed by atoms with E-state index >= 15 is 0 Å². The molecule has 0 aliphatic carbocycles. The van der Waals surface area contributed by atoms with Gasteiger partial charge in [0.2, 0.25) is 0 Å². The van der Waals surface area contributed by atoms with Gasteiger partial charge in [0, 0.05) is 12.4 Å². The molecule has 0 spiro atoms. The number of benzene rings is 1. The van der Waals surface area contributed by atoms with E-state index in [0.29, 0.717) is 5.33 Å². The van der Waals surface area contributed by atoms with Gasteiger partial charge in [0.25, 0.3) is 0 Å². The first-order chi connectivity index (χ1) is 9.56. The lowest BCUT2D eigenvalue weighted by molar-refractivity contribution is 0.279. The van der Waals surface area contributed by atoms with Gasteiger partial charge in [-0.05, 0) is 40.0 Å². The molecule has 6 heteroatoms. The number of aromatic nitrogens is 2. The van der Waals surface area contributed by atoms with E-state index in [9.17, 15) is 4.39 Å². The van der Waals surface area contributed by atoms with E-state index in [-0.39, 0.29) is 18.2 Å². The Morgan fingerprint density at radius 2 is 2.15 bits per heavy atom. The second kappa shape index (κ2) is 6.72. The zero-order valence-electron chi connectivity index (χ0n) is 11.3. The van der Waals surface area contributed by atoms with Gasteiger partial charge in [-0.2, -0.15) is 5.10 Å². The summed E-state index contributed by atoms with van der Waals surface area (Å²) in [4.78, 5) is 0. The standard InChI is InChI=1S/C14H15Br2FN2O/c1-3-11-14(16)12(19(2)18-11)8-20-13-5-4-9(7-15)6-10(13)17/h4-6H,3,7-8H2,1-2H3. The topological polar surface area (TPSA) is 27.1 Å². The number of hydrogen-bond acceptors (Lipinski definition) is 2. The fourth-order valence-corrected chi connectivity index (χ4v) is 2.95. The minimum atomic E-state index is -0.351. The molecular weight excluding hydrogens is 391 g/mol.